The van der Waals surface area contributed by atoms with Crippen molar-refractivity contribution in [3.05, 3.63) is 84.4 Å². The molecule has 6 nitrogen and oxygen atoms in total. The van der Waals surface area contributed by atoms with Crippen molar-refractivity contribution in [2.24, 2.45) is 0 Å². The van der Waals surface area contributed by atoms with E-state index in [9.17, 15) is 9.59 Å². The number of ether oxygens (including phenoxy) is 2. The van der Waals surface area contributed by atoms with Crippen molar-refractivity contribution in [1.29, 1.82) is 0 Å². The highest BCUT2D eigenvalue weighted by atomic mass is 16.5. The van der Waals surface area contributed by atoms with Gasteiger partial charge in [0.1, 0.15) is 23.9 Å². The highest BCUT2D eigenvalue weighted by Crippen LogP contribution is 2.31. The second kappa shape index (κ2) is 9.80. The molecule has 6 heteroatoms. The quantitative estimate of drug-likeness (QED) is 0.624. The fourth-order valence-electron chi connectivity index (χ4n) is 3.42. The highest BCUT2D eigenvalue weighted by Gasteiger charge is 2.23. The second-order valence-electron chi connectivity index (χ2n) is 7.20. The summed E-state index contributed by atoms with van der Waals surface area (Å²) in [6.07, 6.45) is 0.288. The third-order valence-corrected chi connectivity index (χ3v) is 4.96. The van der Waals surface area contributed by atoms with Crippen molar-refractivity contribution in [3.8, 4) is 17.2 Å². The average molecular weight is 416 g/mol. The molecule has 1 aliphatic heterocycles. The summed E-state index contributed by atoms with van der Waals surface area (Å²) in [6, 6.07) is 24.6. The molecule has 0 aliphatic carbocycles. The molecular formula is C25H24N2O4. The monoisotopic (exact) mass is 416 g/mol. The molecule has 158 valence electrons. The van der Waals surface area contributed by atoms with Crippen LogP contribution in [0.15, 0.2) is 78.9 Å². The van der Waals surface area contributed by atoms with Crippen molar-refractivity contribution in [3.63, 3.8) is 0 Å². The Morgan fingerprint density at radius 2 is 1.68 bits per heavy atom. The Morgan fingerprint density at radius 1 is 0.903 bits per heavy atom. The molecule has 1 heterocycles. The lowest BCUT2D eigenvalue weighted by Crippen LogP contribution is -2.38. The van der Waals surface area contributed by atoms with Crippen molar-refractivity contribution in [1.82, 2.24) is 5.32 Å². The number of benzene rings is 3. The van der Waals surface area contributed by atoms with Crippen LogP contribution in [0.1, 0.15) is 18.4 Å². The number of carbonyl (C=O) groups excluding carboxylic acids is 2. The Morgan fingerprint density at radius 3 is 2.55 bits per heavy atom. The standard InChI is InChI=1S/C25H24N2O4/c28-24(13-14-25(29)27-15-16-30-23-12-5-4-11-22(23)27)26-18-19-7-6-10-21(17-19)31-20-8-2-1-3-9-20/h1-12,17H,13-16,18H2,(H,26,28). The minimum Gasteiger partial charge on any atom is -0.490 e. The minimum atomic E-state index is -0.163. The molecule has 0 spiro atoms. The second-order valence-corrected chi connectivity index (χ2v) is 7.20. The predicted octanol–water partition coefficient (Wildman–Crippen LogP) is 4.30. The fourth-order valence-corrected chi connectivity index (χ4v) is 3.42. The molecule has 0 fully saturated rings. The first kappa shape index (κ1) is 20.5. The molecule has 3 aromatic rings. The summed E-state index contributed by atoms with van der Waals surface area (Å²) in [4.78, 5) is 26.6. The summed E-state index contributed by atoms with van der Waals surface area (Å²) in [5.41, 5.74) is 1.68. The van der Waals surface area contributed by atoms with E-state index in [2.05, 4.69) is 5.32 Å². The molecule has 0 aromatic heterocycles. The first-order chi connectivity index (χ1) is 15.2. The molecule has 0 radical (unpaired) electrons. The van der Waals surface area contributed by atoms with Gasteiger partial charge in [-0.25, -0.2) is 0 Å². The van der Waals surface area contributed by atoms with Crippen LogP contribution in [-0.2, 0) is 16.1 Å². The van der Waals surface area contributed by atoms with E-state index in [0.29, 0.717) is 31.2 Å². The van der Waals surface area contributed by atoms with Crippen LogP contribution in [0.4, 0.5) is 5.69 Å². The summed E-state index contributed by atoms with van der Waals surface area (Å²) in [7, 11) is 0. The van der Waals surface area contributed by atoms with E-state index in [4.69, 9.17) is 9.47 Å². The van der Waals surface area contributed by atoms with Gasteiger partial charge in [0.05, 0.1) is 12.2 Å². The summed E-state index contributed by atoms with van der Waals surface area (Å²) >= 11 is 0. The van der Waals surface area contributed by atoms with Crippen molar-refractivity contribution in [2.75, 3.05) is 18.1 Å². The molecule has 0 atom stereocenters. The number of nitrogens with zero attached hydrogens (tertiary/aromatic N) is 1. The number of hydrogen-bond acceptors (Lipinski definition) is 4. The van der Waals surface area contributed by atoms with Crippen LogP contribution in [0, 0.1) is 0 Å². The van der Waals surface area contributed by atoms with Crippen LogP contribution >= 0.6 is 0 Å². The average Bonchev–Trinajstić information content (AvgIpc) is 2.82. The molecule has 3 aromatic carbocycles. The zero-order valence-electron chi connectivity index (χ0n) is 17.1. The van der Waals surface area contributed by atoms with Crippen molar-refractivity contribution >= 4 is 17.5 Å². The molecular weight excluding hydrogens is 392 g/mol. The lowest BCUT2D eigenvalue weighted by molar-refractivity contribution is -0.125. The maximum absolute atomic E-state index is 12.6. The molecule has 1 aliphatic rings. The summed E-state index contributed by atoms with van der Waals surface area (Å²) in [6.45, 7) is 1.32. The molecule has 31 heavy (non-hydrogen) atoms. The SMILES string of the molecule is O=C(CCC(=O)N1CCOc2ccccc21)NCc1cccc(Oc2ccccc2)c1. The molecule has 2 amide bonds. The van der Waals surface area contributed by atoms with Gasteiger partial charge in [0.25, 0.3) is 0 Å². The summed E-state index contributed by atoms with van der Waals surface area (Å²) in [5, 5.41) is 2.88. The first-order valence-electron chi connectivity index (χ1n) is 10.3. The van der Waals surface area contributed by atoms with E-state index in [-0.39, 0.29) is 24.7 Å². The predicted molar refractivity (Wildman–Crippen MR) is 118 cm³/mol. The Balaban J connectivity index is 1.26. The Bertz CT molecular complexity index is 1050. The van der Waals surface area contributed by atoms with Gasteiger partial charge in [0.2, 0.25) is 11.8 Å². The summed E-state index contributed by atoms with van der Waals surface area (Å²) in [5.74, 6) is 1.92. The number of rotatable bonds is 7. The largest absolute Gasteiger partial charge is 0.490 e. The van der Waals surface area contributed by atoms with E-state index >= 15 is 0 Å². The smallest absolute Gasteiger partial charge is 0.227 e. The molecule has 0 unspecified atom stereocenters. The van der Waals surface area contributed by atoms with Crippen molar-refractivity contribution < 1.29 is 19.1 Å². The van der Waals surface area contributed by atoms with Crippen LogP contribution in [0.3, 0.4) is 0 Å². The van der Waals surface area contributed by atoms with Crippen molar-refractivity contribution in [2.45, 2.75) is 19.4 Å². The maximum Gasteiger partial charge on any atom is 0.227 e. The molecule has 1 N–H and O–H groups in total. The van der Waals surface area contributed by atoms with Gasteiger partial charge in [0, 0.05) is 19.4 Å². The van der Waals surface area contributed by atoms with E-state index in [0.717, 1.165) is 17.0 Å². The first-order valence-corrected chi connectivity index (χ1v) is 10.3. The Labute approximate surface area is 181 Å². The fraction of sp³-hybridized carbons (Fsp3) is 0.200. The third kappa shape index (κ3) is 5.42. The van der Waals surface area contributed by atoms with Gasteiger partial charge in [-0.3, -0.25) is 9.59 Å². The minimum absolute atomic E-state index is 0.0795. The van der Waals surface area contributed by atoms with Gasteiger partial charge in [-0.05, 0) is 42.0 Å². The topological polar surface area (TPSA) is 67.9 Å². The number of amides is 2. The van der Waals surface area contributed by atoms with Gasteiger partial charge in [-0.1, -0.05) is 42.5 Å². The van der Waals surface area contributed by atoms with Crippen LogP contribution in [0.2, 0.25) is 0 Å². The molecule has 0 saturated carbocycles. The van der Waals surface area contributed by atoms with Gasteiger partial charge >= 0.3 is 0 Å². The molecule has 0 saturated heterocycles. The number of nitrogens with one attached hydrogen (secondary N) is 1. The number of anilines is 1. The third-order valence-electron chi connectivity index (χ3n) is 4.96. The normalized spacial score (nSPS) is 12.5. The molecule has 4 rings (SSSR count). The zero-order valence-corrected chi connectivity index (χ0v) is 17.1. The maximum atomic E-state index is 12.6. The van der Waals surface area contributed by atoms with E-state index < -0.39 is 0 Å². The van der Waals surface area contributed by atoms with Gasteiger partial charge in [-0.15, -0.1) is 0 Å². The van der Waals surface area contributed by atoms with Crippen LogP contribution < -0.4 is 19.7 Å². The molecule has 0 bridgehead atoms. The zero-order chi connectivity index (χ0) is 21.5. The van der Waals surface area contributed by atoms with Gasteiger partial charge in [-0.2, -0.15) is 0 Å². The van der Waals surface area contributed by atoms with Gasteiger partial charge in [0.15, 0.2) is 0 Å². The van der Waals surface area contributed by atoms with E-state index in [1.807, 2.05) is 78.9 Å². The van der Waals surface area contributed by atoms with Crippen LogP contribution in [0.5, 0.6) is 17.2 Å². The van der Waals surface area contributed by atoms with Gasteiger partial charge < -0.3 is 19.7 Å². The Kier molecular flexibility index (Phi) is 6.47. The number of para-hydroxylation sites is 3. The van der Waals surface area contributed by atoms with E-state index in [1.54, 1.807) is 4.90 Å². The van der Waals surface area contributed by atoms with E-state index in [1.165, 1.54) is 0 Å². The number of hydrogen-bond donors (Lipinski definition) is 1. The number of fused-ring (bicyclic) bond motifs is 1. The van der Waals surface area contributed by atoms with Crippen LogP contribution in [0.25, 0.3) is 0 Å². The number of carbonyl (C=O) groups is 2. The lowest BCUT2D eigenvalue weighted by Gasteiger charge is -2.29. The van der Waals surface area contributed by atoms with Crippen LogP contribution in [-0.4, -0.2) is 25.0 Å². The highest BCUT2D eigenvalue weighted by molar-refractivity contribution is 5.97. The lowest BCUT2D eigenvalue weighted by atomic mass is 10.2. The Hall–Kier alpha value is -3.80. The summed E-state index contributed by atoms with van der Waals surface area (Å²) < 4.78 is 11.4.